The number of hydrogen-bond donors (Lipinski definition) is 1. The Morgan fingerprint density at radius 1 is 1.35 bits per heavy atom. The predicted octanol–water partition coefficient (Wildman–Crippen LogP) is 2.96. The largest absolute Gasteiger partial charge is 0.383 e. The molecule has 31 heavy (non-hydrogen) atoms. The van der Waals surface area contributed by atoms with Crippen LogP contribution in [0.4, 0.5) is 15.9 Å². The summed E-state index contributed by atoms with van der Waals surface area (Å²) in [5.74, 6) is -0.354. The fourth-order valence-corrected chi connectivity index (χ4v) is 6.16. The zero-order valence-corrected chi connectivity index (χ0v) is 18.7. The van der Waals surface area contributed by atoms with Crippen molar-refractivity contribution in [2.45, 2.75) is 30.2 Å². The molecule has 2 fully saturated rings. The molecule has 0 saturated carbocycles. The van der Waals surface area contributed by atoms with Crippen molar-refractivity contribution in [3.63, 3.8) is 0 Å². The highest BCUT2D eigenvalue weighted by atomic mass is 35.5. The lowest BCUT2D eigenvalue weighted by atomic mass is 9.98. The number of hydrogen-bond acceptors (Lipinski definition) is 7. The lowest BCUT2D eigenvalue weighted by Crippen LogP contribution is -2.34. The molecule has 168 valence electrons. The first-order valence-corrected chi connectivity index (χ1v) is 12.0. The van der Waals surface area contributed by atoms with Crippen LogP contribution in [-0.2, 0) is 14.8 Å². The third-order valence-electron chi connectivity index (χ3n) is 5.96. The van der Waals surface area contributed by atoms with Gasteiger partial charge in [0.25, 0.3) is 10.0 Å². The second kappa shape index (κ2) is 9.23. The van der Waals surface area contributed by atoms with Gasteiger partial charge in [-0.3, -0.25) is 0 Å². The summed E-state index contributed by atoms with van der Waals surface area (Å²) in [5, 5.41) is 3.36. The molecule has 2 aliphatic heterocycles. The summed E-state index contributed by atoms with van der Waals surface area (Å²) in [5.41, 5.74) is 0.384. The lowest BCUT2D eigenvalue weighted by Gasteiger charge is -2.23. The van der Waals surface area contributed by atoms with Gasteiger partial charge in [0.05, 0.1) is 10.7 Å². The van der Waals surface area contributed by atoms with Gasteiger partial charge in [-0.25, -0.2) is 27.1 Å². The number of halogens is 2. The van der Waals surface area contributed by atoms with Gasteiger partial charge in [0.1, 0.15) is 29.6 Å². The van der Waals surface area contributed by atoms with Crippen LogP contribution in [0.25, 0.3) is 0 Å². The molecule has 0 aliphatic carbocycles. The fourth-order valence-electron chi connectivity index (χ4n) is 4.45. The minimum Gasteiger partial charge on any atom is -0.383 e. The lowest BCUT2D eigenvalue weighted by molar-refractivity contribution is 0.209. The molecule has 11 heteroatoms. The normalized spacial score (nSPS) is 21.3. The molecule has 2 aromatic rings. The molecule has 0 bridgehead atoms. The molecule has 4 rings (SSSR count). The van der Waals surface area contributed by atoms with Gasteiger partial charge in [0.2, 0.25) is 0 Å². The third-order valence-corrected chi connectivity index (χ3v) is 8.01. The van der Waals surface area contributed by atoms with E-state index in [0.717, 1.165) is 35.9 Å². The number of aromatic nitrogens is 2. The minimum absolute atomic E-state index is 0.0666. The Hall–Kier alpha value is -2.01. The second-order valence-corrected chi connectivity index (χ2v) is 10.0. The third kappa shape index (κ3) is 4.48. The van der Waals surface area contributed by atoms with Crippen molar-refractivity contribution >= 4 is 33.1 Å². The fraction of sp³-hybridized carbons (Fsp3) is 0.500. The van der Waals surface area contributed by atoms with Gasteiger partial charge >= 0.3 is 0 Å². The van der Waals surface area contributed by atoms with E-state index in [1.807, 2.05) is 0 Å². The maximum atomic E-state index is 15.0. The molecule has 0 amide bonds. The van der Waals surface area contributed by atoms with Crippen molar-refractivity contribution in [2.24, 2.45) is 5.92 Å². The zero-order chi connectivity index (χ0) is 22.0. The van der Waals surface area contributed by atoms with Crippen LogP contribution in [0.15, 0.2) is 35.6 Å². The van der Waals surface area contributed by atoms with E-state index < -0.39 is 20.7 Å². The highest BCUT2D eigenvalue weighted by Crippen LogP contribution is 2.35. The van der Waals surface area contributed by atoms with Gasteiger partial charge in [-0.1, -0.05) is 11.6 Å². The standard InChI is InChI=1S/C20H25ClFN5O3S/c1-30-13-27(20-4-6-23-12-25-20)31(28,29)19-9-15(21)17(10-16(19)22)24-11-14-5-8-26-7-2-3-18(14)26/h4,6,9-10,12,14,18,24H,2-3,5,7-8,11,13H2,1H3/t14-,18?/m0/s1. The molecule has 2 saturated heterocycles. The number of nitrogens with zero attached hydrogens (tertiary/aromatic N) is 4. The number of nitrogens with one attached hydrogen (secondary N) is 1. The molecule has 1 unspecified atom stereocenters. The summed E-state index contributed by atoms with van der Waals surface area (Å²) >= 11 is 6.35. The smallest absolute Gasteiger partial charge is 0.270 e. The first-order valence-electron chi connectivity index (χ1n) is 10.2. The monoisotopic (exact) mass is 469 g/mol. The van der Waals surface area contributed by atoms with Crippen LogP contribution in [0, 0.1) is 11.7 Å². The molecule has 3 heterocycles. The van der Waals surface area contributed by atoms with Gasteiger partial charge in [-0.2, -0.15) is 0 Å². The number of fused-ring (bicyclic) bond motifs is 1. The van der Waals surface area contributed by atoms with E-state index in [1.165, 1.54) is 38.5 Å². The number of benzene rings is 1. The Morgan fingerprint density at radius 3 is 2.94 bits per heavy atom. The summed E-state index contributed by atoms with van der Waals surface area (Å²) in [4.78, 5) is 9.68. The highest BCUT2D eigenvalue weighted by Gasteiger charge is 2.37. The minimum atomic E-state index is -4.30. The van der Waals surface area contributed by atoms with E-state index in [9.17, 15) is 12.8 Å². The van der Waals surface area contributed by atoms with Gasteiger partial charge in [0.15, 0.2) is 0 Å². The van der Waals surface area contributed by atoms with E-state index in [0.29, 0.717) is 24.2 Å². The van der Waals surface area contributed by atoms with E-state index in [-0.39, 0.29) is 17.6 Å². The molecule has 2 atom stereocenters. The first-order chi connectivity index (χ1) is 14.9. The highest BCUT2D eigenvalue weighted by molar-refractivity contribution is 7.92. The maximum Gasteiger partial charge on any atom is 0.270 e. The topological polar surface area (TPSA) is 87.7 Å². The van der Waals surface area contributed by atoms with Crippen molar-refractivity contribution in [1.82, 2.24) is 14.9 Å². The van der Waals surface area contributed by atoms with Crippen LogP contribution in [0.3, 0.4) is 0 Å². The van der Waals surface area contributed by atoms with Crippen molar-refractivity contribution in [2.75, 3.05) is 43.1 Å². The van der Waals surface area contributed by atoms with Crippen molar-refractivity contribution in [1.29, 1.82) is 0 Å². The molecular formula is C20H25ClFN5O3S. The number of methoxy groups -OCH3 is 1. The van der Waals surface area contributed by atoms with E-state index >= 15 is 0 Å². The van der Waals surface area contributed by atoms with E-state index in [1.54, 1.807) is 0 Å². The molecule has 0 spiro atoms. The summed E-state index contributed by atoms with van der Waals surface area (Å²) in [6, 6.07) is 4.24. The van der Waals surface area contributed by atoms with E-state index in [2.05, 4.69) is 20.2 Å². The summed E-state index contributed by atoms with van der Waals surface area (Å²) in [6.45, 7) is 2.57. The van der Waals surface area contributed by atoms with Crippen LogP contribution < -0.4 is 9.62 Å². The number of anilines is 2. The molecule has 1 aromatic carbocycles. The number of sulfonamides is 1. The Labute approximate surface area is 186 Å². The Bertz CT molecular complexity index is 1030. The average Bonchev–Trinajstić information content (AvgIpc) is 3.37. The van der Waals surface area contributed by atoms with Gasteiger partial charge < -0.3 is 15.0 Å². The molecule has 0 radical (unpaired) electrons. The average molecular weight is 470 g/mol. The number of rotatable bonds is 8. The van der Waals surface area contributed by atoms with Gasteiger partial charge in [-0.15, -0.1) is 0 Å². The Balaban J connectivity index is 1.55. The first kappa shape index (κ1) is 22.2. The molecule has 1 aromatic heterocycles. The van der Waals surface area contributed by atoms with Crippen LogP contribution in [-0.4, -0.2) is 62.8 Å². The Kier molecular flexibility index (Phi) is 6.61. The van der Waals surface area contributed by atoms with E-state index in [4.69, 9.17) is 16.3 Å². The SMILES string of the molecule is COCN(c1ccncn1)S(=O)(=O)c1cc(Cl)c(NC[C@@H]2CCN3CCCC23)cc1F. The summed E-state index contributed by atoms with van der Waals surface area (Å²) in [7, 11) is -2.96. The Morgan fingerprint density at radius 2 is 2.19 bits per heavy atom. The van der Waals surface area contributed by atoms with Crippen LogP contribution >= 0.6 is 11.6 Å². The summed E-state index contributed by atoms with van der Waals surface area (Å²) in [6.07, 6.45) is 6.09. The maximum absolute atomic E-state index is 15.0. The summed E-state index contributed by atoms with van der Waals surface area (Å²) < 4.78 is 47.2. The second-order valence-electron chi connectivity index (χ2n) is 7.78. The van der Waals surface area contributed by atoms with Gasteiger partial charge in [0, 0.05) is 32.0 Å². The molecule has 1 N–H and O–H groups in total. The quantitative estimate of drug-likeness (QED) is 0.594. The van der Waals surface area contributed by atoms with Gasteiger partial charge in [-0.05, 0) is 50.4 Å². The number of ether oxygens (including phenoxy) is 1. The molecule has 8 nitrogen and oxygen atoms in total. The molecule has 2 aliphatic rings. The van der Waals surface area contributed by atoms with Crippen molar-refractivity contribution < 1.29 is 17.5 Å². The van der Waals surface area contributed by atoms with Crippen LogP contribution in [0.2, 0.25) is 5.02 Å². The van der Waals surface area contributed by atoms with Crippen molar-refractivity contribution in [3.05, 3.63) is 41.6 Å². The van der Waals surface area contributed by atoms with Crippen molar-refractivity contribution in [3.8, 4) is 0 Å². The zero-order valence-electron chi connectivity index (χ0n) is 17.2. The predicted molar refractivity (Wildman–Crippen MR) is 116 cm³/mol. The van der Waals surface area contributed by atoms with Crippen LogP contribution in [0.5, 0.6) is 0 Å². The van der Waals surface area contributed by atoms with Crippen LogP contribution in [0.1, 0.15) is 19.3 Å². The molecular weight excluding hydrogens is 445 g/mol.